The summed E-state index contributed by atoms with van der Waals surface area (Å²) >= 11 is 3.70. The summed E-state index contributed by atoms with van der Waals surface area (Å²) in [6.45, 7) is 4.61. The number of nitrogens with zero attached hydrogens (tertiary/aromatic N) is 1. The van der Waals surface area contributed by atoms with Gasteiger partial charge in [0.15, 0.2) is 0 Å². The monoisotopic (exact) mass is 311 g/mol. The first-order valence-electron chi connectivity index (χ1n) is 6.51. The van der Waals surface area contributed by atoms with E-state index in [1.54, 1.807) is 0 Å². The van der Waals surface area contributed by atoms with Gasteiger partial charge in [-0.1, -0.05) is 44.2 Å². The van der Waals surface area contributed by atoms with Crippen LogP contribution in [0.2, 0.25) is 0 Å². The molecular weight excluding hydrogens is 298 g/mol. The van der Waals surface area contributed by atoms with Gasteiger partial charge in [0.25, 0.3) is 0 Å². The predicted molar refractivity (Wildman–Crippen MR) is 83.1 cm³/mol. The number of fused-ring (bicyclic) bond motifs is 5. The van der Waals surface area contributed by atoms with Crippen LogP contribution in [0.1, 0.15) is 25.1 Å². The summed E-state index contributed by atoms with van der Waals surface area (Å²) in [5.74, 6) is 0. The van der Waals surface area contributed by atoms with Crippen molar-refractivity contribution in [1.82, 2.24) is 4.57 Å². The predicted octanol–water partition coefficient (Wildman–Crippen LogP) is 5.03. The van der Waals surface area contributed by atoms with Crippen molar-refractivity contribution in [3.8, 4) is 5.69 Å². The second-order valence-electron chi connectivity index (χ2n) is 5.68. The highest BCUT2D eigenvalue weighted by Crippen LogP contribution is 2.46. The molecule has 1 aliphatic rings. The zero-order valence-corrected chi connectivity index (χ0v) is 12.5. The van der Waals surface area contributed by atoms with Gasteiger partial charge in [-0.25, -0.2) is 0 Å². The van der Waals surface area contributed by atoms with Gasteiger partial charge >= 0.3 is 0 Å². The number of aromatic nitrogens is 1. The third kappa shape index (κ3) is 1.30. The number of para-hydroxylation sites is 2. The fourth-order valence-electron chi connectivity index (χ4n) is 3.26. The van der Waals surface area contributed by atoms with E-state index >= 15 is 0 Å². The Morgan fingerprint density at radius 3 is 2.63 bits per heavy atom. The van der Waals surface area contributed by atoms with E-state index in [4.69, 9.17) is 0 Å². The molecule has 2 heterocycles. The average molecular weight is 312 g/mol. The van der Waals surface area contributed by atoms with Crippen LogP contribution >= 0.6 is 15.9 Å². The zero-order chi connectivity index (χ0) is 13.2. The Kier molecular flexibility index (Phi) is 2.09. The van der Waals surface area contributed by atoms with Crippen molar-refractivity contribution in [2.24, 2.45) is 0 Å². The molecule has 0 amide bonds. The molecule has 0 unspecified atom stereocenters. The van der Waals surface area contributed by atoms with Gasteiger partial charge in [0.05, 0.1) is 11.2 Å². The maximum atomic E-state index is 3.70. The zero-order valence-electron chi connectivity index (χ0n) is 10.9. The van der Waals surface area contributed by atoms with E-state index < -0.39 is 0 Å². The molecule has 0 fully saturated rings. The highest BCUT2D eigenvalue weighted by atomic mass is 79.9. The molecule has 0 N–H and O–H groups in total. The number of halogens is 1. The first kappa shape index (κ1) is 11.3. The largest absolute Gasteiger partial charge is 0.311 e. The quantitative estimate of drug-likeness (QED) is 0.548. The van der Waals surface area contributed by atoms with E-state index in [-0.39, 0.29) is 5.41 Å². The Morgan fingerprint density at radius 2 is 1.79 bits per heavy atom. The van der Waals surface area contributed by atoms with Crippen LogP contribution in [0.4, 0.5) is 0 Å². The third-order valence-electron chi connectivity index (χ3n) is 4.23. The lowest BCUT2D eigenvalue weighted by atomic mass is 9.83. The molecule has 0 spiro atoms. The van der Waals surface area contributed by atoms with Gasteiger partial charge < -0.3 is 4.57 Å². The number of rotatable bonds is 0. The molecule has 94 valence electrons. The molecule has 1 aliphatic heterocycles. The summed E-state index contributed by atoms with van der Waals surface area (Å²) < 4.78 is 3.55. The maximum absolute atomic E-state index is 3.70. The molecule has 2 heteroatoms. The lowest BCUT2D eigenvalue weighted by Crippen LogP contribution is -2.14. The van der Waals surface area contributed by atoms with Crippen molar-refractivity contribution in [1.29, 1.82) is 0 Å². The van der Waals surface area contributed by atoms with E-state index in [0.717, 1.165) is 4.47 Å². The summed E-state index contributed by atoms with van der Waals surface area (Å²) in [6, 6.07) is 17.4. The maximum Gasteiger partial charge on any atom is 0.0673 e. The lowest BCUT2D eigenvalue weighted by molar-refractivity contribution is 0.644. The summed E-state index contributed by atoms with van der Waals surface area (Å²) in [7, 11) is 0. The highest BCUT2D eigenvalue weighted by Gasteiger charge is 2.37. The molecule has 0 atom stereocenters. The first-order chi connectivity index (χ1) is 9.10. The van der Waals surface area contributed by atoms with Crippen LogP contribution in [0.5, 0.6) is 0 Å². The lowest BCUT2D eigenvalue weighted by Gasteiger charge is -2.18. The Bertz CT molecular complexity index is 811. The second kappa shape index (κ2) is 3.51. The molecule has 3 aromatic rings. The molecule has 0 aliphatic carbocycles. The summed E-state index contributed by atoms with van der Waals surface area (Å²) in [6.07, 6.45) is 0. The number of hydrogen-bond acceptors (Lipinski definition) is 0. The Labute approximate surface area is 121 Å². The SMILES string of the molecule is CC1(C)c2ccccc2-n2c1cc1cccc(Br)c12. The van der Waals surface area contributed by atoms with Gasteiger partial charge in [-0.15, -0.1) is 0 Å². The Balaban J connectivity index is 2.23. The van der Waals surface area contributed by atoms with E-state index in [1.165, 1.54) is 27.8 Å². The normalized spacial score (nSPS) is 15.5. The van der Waals surface area contributed by atoms with Crippen LogP contribution in [0, 0.1) is 0 Å². The Hall–Kier alpha value is -1.54. The third-order valence-corrected chi connectivity index (χ3v) is 4.87. The molecule has 0 bridgehead atoms. The summed E-state index contributed by atoms with van der Waals surface area (Å²) in [5.41, 5.74) is 5.42. The van der Waals surface area contributed by atoms with Crippen molar-refractivity contribution >= 4 is 26.8 Å². The minimum absolute atomic E-state index is 0.0645. The van der Waals surface area contributed by atoms with Crippen LogP contribution < -0.4 is 0 Å². The average Bonchev–Trinajstić information content (AvgIpc) is 2.88. The minimum Gasteiger partial charge on any atom is -0.311 e. The van der Waals surface area contributed by atoms with Gasteiger partial charge in [-0.2, -0.15) is 0 Å². The van der Waals surface area contributed by atoms with Crippen molar-refractivity contribution in [2.45, 2.75) is 19.3 Å². The van der Waals surface area contributed by atoms with Crippen molar-refractivity contribution in [2.75, 3.05) is 0 Å². The summed E-state index contributed by atoms with van der Waals surface area (Å²) in [5, 5.41) is 1.30. The summed E-state index contributed by atoms with van der Waals surface area (Å²) in [4.78, 5) is 0. The topological polar surface area (TPSA) is 4.93 Å². The van der Waals surface area contributed by atoms with Gasteiger partial charge in [0.1, 0.15) is 0 Å². The van der Waals surface area contributed by atoms with E-state index in [1.807, 2.05) is 0 Å². The van der Waals surface area contributed by atoms with Crippen LogP contribution in [-0.2, 0) is 5.41 Å². The van der Waals surface area contributed by atoms with Gasteiger partial charge in [0, 0.05) is 21.0 Å². The van der Waals surface area contributed by atoms with Crippen LogP contribution in [-0.4, -0.2) is 4.57 Å². The molecule has 19 heavy (non-hydrogen) atoms. The standard InChI is InChI=1S/C17H14BrN/c1-17(2)12-7-3-4-9-14(12)19-15(17)10-11-6-5-8-13(18)16(11)19/h3-10H,1-2H3. The molecule has 0 saturated heterocycles. The van der Waals surface area contributed by atoms with Gasteiger partial charge in [-0.3, -0.25) is 0 Å². The minimum atomic E-state index is 0.0645. The van der Waals surface area contributed by atoms with Crippen molar-refractivity contribution in [3.05, 3.63) is 64.3 Å². The number of benzene rings is 2. The van der Waals surface area contributed by atoms with E-state index in [2.05, 4.69) is 82.9 Å². The highest BCUT2D eigenvalue weighted by molar-refractivity contribution is 9.10. The van der Waals surface area contributed by atoms with Crippen LogP contribution in [0.3, 0.4) is 0 Å². The van der Waals surface area contributed by atoms with Crippen LogP contribution in [0.15, 0.2) is 53.0 Å². The van der Waals surface area contributed by atoms with Crippen molar-refractivity contribution in [3.63, 3.8) is 0 Å². The van der Waals surface area contributed by atoms with Crippen LogP contribution in [0.25, 0.3) is 16.6 Å². The van der Waals surface area contributed by atoms with Gasteiger partial charge in [-0.05, 0) is 39.7 Å². The van der Waals surface area contributed by atoms with Gasteiger partial charge in [0.2, 0.25) is 0 Å². The molecule has 2 aromatic carbocycles. The Morgan fingerprint density at radius 1 is 1.00 bits per heavy atom. The second-order valence-corrected chi connectivity index (χ2v) is 6.54. The van der Waals surface area contributed by atoms with Crippen molar-refractivity contribution < 1.29 is 0 Å². The molecule has 4 rings (SSSR count). The molecular formula is C17H14BrN. The molecule has 0 saturated carbocycles. The van der Waals surface area contributed by atoms with E-state index in [0.29, 0.717) is 0 Å². The fraction of sp³-hybridized carbons (Fsp3) is 0.176. The molecule has 1 nitrogen and oxygen atoms in total. The fourth-order valence-corrected chi connectivity index (χ4v) is 3.82. The smallest absolute Gasteiger partial charge is 0.0673 e. The first-order valence-corrected chi connectivity index (χ1v) is 7.30. The number of hydrogen-bond donors (Lipinski definition) is 0. The molecule has 1 aromatic heterocycles. The molecule has 0 radical (unpaired) electrons. The van der Waals surface area contributed by atoms with E-state index in [9.17, 15) is 0 Å².